The summed E-state index contributed by atoms with van der Waals surface area (Å²) in [6.45, 7) is 4.15. The minimum Gasteiger partial charge on any atom is -0.504 e. The smallest absolute Gasteiger partial charge is 0.161 e. The SMILES string of the molecule is C=CCN=Cc1ccc(O)c(OC)c1. The number of methoxy groups -OCH3 is 1. The first kappa shape index (κ1) is 10.3. The zero-order chi connectivity index (χ0) is 10.4. The van der Waals surface area contributed by atoms with Crippen LogP contribution >= 0.6 is 0 Å². The number of rotatable bonds is 4. The van der Waals surface area contributed by atoms with Crippen LogP contribution < -0.4 is 4.74 Å². The molecule has 0 aliphatic carbocycles. The van der Waals surface area contributed by atoms with Crippen molar-refractivity contribution in [3.05, 3.63) is 36.4 Å². The molecule has 0 spiro atoms. The number of phenolic OH excluding ortho intramolecular Hbond substituents is 1. The van der Waals surface area contributed by atoms with Crippen LogP contribution in [0.3, 0.4) is 0 Å². The van der Waals surface area contributed by atoms with Gasteiger partial charge in [0.05, 0.1) is 13.7 Å². The molecule has 0 radical (unpaired) electrons. The van der Waals surface area contributed by atoms with Gasteiger partial charge >= 0.3 is 0 Å². The van der Waals surface area contributed by atoms with Crippen LogP contribution in [0, 0.1) is 0 Å². The lowest BCUT2D eigenvalue weighted by molar-refractivity contribution is 0.373. The monoisotopic (exact) mass is 191 g/mol. The van der Waals surface area contributed by atoms with Crippen LogP contribution in [0.2, 0.25) is 0 Å². The third-order valence-corrected chi connectivity index (χ3v) is 1.68. The molecule has 3 heteroatoms. The third kappa shape index (κ3) is 2.62. The van der Waals surface area contributed by atoms with Crippen LogP contribution in [0.1, 0.15) is 5.56 Å². The summed E-state index contributed by atoms with van der Waals surface area (Å²) in [5.74, 6) is 0.584. The van der Waals surface area contributed by atoms with Crippen molar-refractivity contribution < 1.29 is 9.84 Å². The molecule has 3 nitrogen and oxygen atoms in total. The van der Waals surface area contributed by atoms with E-state index in [1.165, 1.54) is 7.11 Å². The Labute approximate surface area is 83.4 Å². The van der Waals surface area contributed by atoms with Gasteiger partial charge in [-0.15, -0.1) is 6.58 Å². The average Bonchev–Trinajstić information content (AvgIpc) is 2.21. The molecule has 0 aromatic heterocycles. The zero-order valence-electron chi connectivity index (χ0n) is 8.10. The highest BCUT2D eigenvalue weighted by atomic mass is 16.5. The molecule has 1 aromatic rings. The fourth-order valence-electron chi connectivity index (χ4n) is 1.01. The van der Waals surface area contributed by atoms with Gasteiger partial charge in [0, 0.05) is 6.21 Å². The first-order chi connectivity index (χ1) is 6.77. The van der Waals surface area contributed by atoms with E-state index >= 15 is 0 Å². The van der Waals surface area contributed by atoms with Crippen molar-refractivity contribution in [2.45, 2.75) is 0 Å². The normalized spacial score (nSPS) is 10.4. The second-order valence-corrected chi connectivity index (χ2v) is 2.71. The standard InChI is InChI=1S/C11H13NO2/c1-3-6-12-8-9-4-5-10(13)11(7-9)14-2/h3-5,7-8,13H,1,6H2,2H3. The molecule has 0 aliphatic heterocycles. The number of aliphatic imine (C=N–C) groups is 1. The highest BCUT2D eigenvalue weighted by Crippen LogP contribution is 2.25. The first-order valence-corrected chi connectivity index (χ1v) is 4.25. The van der Waals surface area contributed by atoms with Gasteiger partial charge in [0.15, 0.2) is 11.5 Å². The van der Waals surface area contributed by atoms with Crippen LogP contribution in [0.5, 0.6) is 11.5 Å². The zero-order valence-corrected chi connectivity index (χ0v) is 8.10. The van der Waals surface area contributed by atoms with Crippen LogP contribution in [0.4, 0.5) is 0 Å². The summed E-state index contributed by atoms with van der Waals surface area (Å²) in [4.78, 5) is 4.08. The van der Waals surface area contributed by atoms with E-state index in [9.17, 15) is 5.11 Å². The number of aromatic hydroxyl groups is 1. The Bertz CT molecular complexity index is 345. The van der Waals surface area contributed by atoms with E-state index in [-0.39, 0.29) is 5.75 Å². The fourth-order valence-corrected chi connectivity index (χ4v) is 1.01. The summed E-state index contributed by atoms with van der Waals surface area (Å²) in [5.41, 5.74) is 0.890. The number of ether oxygens (including phenoxy) is 1. The van der Waals surface area contributed by atoms with Crippen molar-refractivity contribution in [2.24, 2.45) is 4.99 Å². The van der Waals surface area contributed by atoms with Gasteiger partial charge in [-0.3, -0.25) is 4.99 Å². The third-order valence-electron chi connectivity index (χ3n) is 1.68. The van der Waals surface area contributed by atoms with Gasteiger partial charge in [0.2, 0.25) is 0 Å². The van der Waals surface area contributed by atoms with E-state index < -0.39 is 0 Å². The van der Waals surface area contributed by atoms with Crippen LogP contribution in [0.15, 0.2) is 35.8 Å². The van der Waals surface area contributed by atoms with Crippen molar-refractivity contribution >= 4 is 6.21 Å². The van der Waals surface area contributed by atoms with Crippen LogP contribution in [0.25, 0.3) is 0 Å². The predicted octanol–water partition coefficient (Wildman–Crippen LogP) is 2.01. The first-order valence-electron chi connectivity index (χ1n) is 4.25. The van der Waals surface area contributed by atoms with Crippen molar-refractivity contribution in [1.29, 1.82) is 0 Å². The summed E-state index contributed by atoms with van der Waals surface area (Å²) in [7, 11) is 1.51. The highest BCUT2D eigenvalue weighted by molar-refractivity contribution is 5.80. The molecule has 74 valence electrons. The summed E-state index contributed by atoms with van der Waals surface area (Å²) in [6.07, 6.45) is 3.43. The topological polar surface area (TPSA) is 41.8 Å². The Morgan fingerprint density at radius 3 is 3.00 bits per heavy atom. The molecule has 0 fully saturated rings. The molecule has 0 amide bonds. The van der Waals surface area contributed by atoms with Gasteiger partial charge in [-0.2, -0.15) is 0 Å². The Kier molecular flexibility index (Phi) is 3.73. The van der Waals surface area contributed by atoms with Gasteiger partial charge in [-0.25, -0.2) is 0 Å². The molecule has 1 aromatic carbocycles. The summed E-state index contributed by atoms with van der Waals surface area (Å²) >= 11 is 0. The maximum absolute atomic E-state index is 9.32. The molecule has 0 unspecified atom stereocenters. The van der Waals surface area contributed by atoms with E-state index in [0.717, 1.165) is 5.56 Å². The molecule has 0 bridgehead atoms. The molecule has 1 rings (SSSR count). The Hall–Kier alpha value is -1.77. The molecular formula is C11H13NO2. The fraction of sp³-hybridized carbons (Fsp3) is 0.182. The number of phenols is 1. The Morgan fingerprint density at radius 1 is 1.57 bits per heavy atom. The summed E-state index contributed by atoms with van der Waals surface area (Å²) in [5, 5.41) is 9.32. The van der Waals surface area contributed by atoms with Crippen molar-refractivity contribution in [3.63, 3.8) is 0 Å². The van der Waals surface area contributed by atoms with E-state index in [1.54, 1.807) is 30.5 Å². The van der Waals surface area contributed by atoms with Crippen molar-refractivity contribution in [3.8, 4) is 11.5 Å². The second-order valence-electron chi connectivity index (χ2n) is 2.71. The molecule has 1 N–H and O–H groups in total. The quantitative estimate of drug-likeness (QED) is 0.584. The molecule has 0 heterocycles. The van der Waals surface area contributed by atoms with E-state index in [2.05, 4.69) is 11.6 Å². The lowest BCUT2D eigenvalue weighted by atomic mass is 10.2. The average molecular weight is 191 g/mol. The van der Waals surface area contributed by atoms with Gasteiger partial charge in [-0.1, -0.05) is 6.08 Å². The van der Waals surface area contributed by atoms with E-state index in [0.29, 0.717) is 12.3 Å². The maximum atomic E-state index is 9.32. The van der Waals surface area contributed by atoms with Gasteiger partial charge in [-0.05, 0) is 23.8 Å². The van der Waals surface area contributed by atoms with Crippen LogP contribution in [-0.4, -0.2) is 25.0 Å². The molecule has 14 heavy (non-hydrogen) atoms. The van der Waals surface area contributed by atoms with Crippen molar-refractivity contribution in [1.82, 2.24) is 0 Å². The number of benzene rings is 1. The van der Waals surface area contributed by atoms with Crippen molar-refractivity contribution in [2.75, 3.05) is 13.7 Å². The minimum atomic E-state index is 0.133. The Morgan fingerprint density at radius 2 is 2.36 bits per heavy atom. The van der Waals surface area contributed by atoms with Gasteiger partial charge < -0.3 is 9.84 Å². The highest BCUT2D eigenvalue weighted by Gasteiger charge is 1.99. The number of hydrogen-bond donors (Lipinski definition) is 1. The summed E-state index contributed by atoms with van der Waals surface area (Å²) in [6, 6.07) is 5.07. The Balaban J connectivity index is 2.83. The lowest BCUT2D eigenvalue weighted by Crippen LogP contribution is -1.87. The summed E-state index contributed by atoms with van der Waals surface area (Å²) < 4.78 is 4.96. The predicted molar refractivity (Wildman–Crippen MR) is 57.3 cm³/mol. The minimum absolute atomic E-state index is 0.133. The molecule has 0 aliphatic rings. The second kappa shape index (κ2) is 5.07. The molecule has 0 saturated heterocycles. The van der Waals surface area contributed by atoms with Gasteiger partial charge in [0.1, 0.15) is 0 Å². The van der Waals surface area contributed by atoms with Crippen LogP contribution in [-0.2, 0) is 0 Å². The lowest BCUT2D eigenvalue weighted by Gasteiger charge is -2.02. The van der Waals surface area contributed by atoms with E-state index in [1.807, 2.05) is 0 Å². The van der Waals surface area contributed by atoms with E-state index in [4.69, 9.17) is 4.74 Å². The largest absolute Gasteiger partial charge is 0.504 e. The molecular weight excluding hydrogens is 178 g/mol. The number of hydrogen-bond acceptors (Lipinski definition) is 3. The molecule has 0 atom stereocenters. The number of nitrogens with zero attached hydrogens (tertiary/aromatic N) is 1. The maximum Gasteiger partial charge on any atom is 0.161 e. The molecule has 0 saturated carbocycles. The van der Waals surface area contributed by atoms with Gasteiger partial charge in [0.25, 0.3) is 0 Å².